The molecule has 0 spiro atoms. The molecule has 2 aromatic rings. The Balaban J connectivity index is 1.67. The highest BCUT2D eigenvalue weighted by Crippen LogP contribution is 2.00. The molecule has 0 atom stereocenters. The van der Waals surface area contributed by atoms with E-state index in [0.29, 0.717) is 5.82 Å². The number of anilines is 1. The van der Waals surface area contributed by atoms with Gasteiger partial charge in [-0.25, -0.2) is 0 Å². The second-order valence-corrected chi connectivity index (χ2v) is 4.36. The van der Waals surface area contributed by atoms with E-state index >= 15 is 0 Å². The van der Waals surface area contributed by atoms with Crippen molar-refractivity contribution in [1.29, 1.82) is 0 Å². The predicted octanol–water partition coefficient (Wildman–Crippen LogP) is -0.502. The van der Waals surface area contributed by atoms with Gasteiger partial charge in [0.1, 0.15) is 0 Å². The standard InChI is InChI=1S/C13H15N5O4/c1-18-5-4-10(17-18)16-12(20)8-14-11(19)7-15-13(21)9-3-2-6-22-9/h2-6H,7-8H2,1H3,(H,14,19)(H,15,21)(H,16,17,20). The number of carbonyl (C=O) groups excluding carboxylic acids is 3. The van der Waals surface area contributed by atoms with Gasteiger partial charge in [0.15, 0.2) is 11.6 Å². The molecule has 0 saturated heterocycles. The smallest absolute Gasteiger partial charge is 0.287 e. The molecule has 9 heteroatoms. The van der Waals surface area contributed by atoms with Gasteiger partial charge in [0.05, 0.1) is 19.4 Å². The largest absolute Gasteiger partial charge is 0.459 e. The Morgan fingerprint density at radius 3 is 2.59 bits per heavy atom. The number of carbonyl (C=O) groups is 3. The van der Waals surface area contributed by atoms with Crippen LogP contribution in [0.15, 0.2) is 35.1 Å². The van der Waals surface area contributed by atoms with Gasteiger partial charge in [-0.05, 0) is 12.1 Å². The summed E-state index contributed by atoms with van der Waals surface area (Å²) in [4.78, 5) is 34.6. The van der Waals surface area contributed by atoms with Crippen molar-refractivity contribution in [1.82, 2.24) is 20.4 Å². The second kappa shape index (κ2) is 7.07. The molecule has 116 valence electrons. The monoisotopic (exact) mass is 305 g/mol. The molecular weight excluding hydrogens is 290 g/mol. The van der Waals surface area contributed by atoms with Gasteiger partial charge in [-0.3, -0.25) is 19.1 Å². The Morgan fingerprint density at radius 1 is 1.18 bits per heavy atom. The maximum absolute atomic E-state index is 11.6. The highest BCUT2D eigenvalue weighted by Gasteiger charge is 2.11. The number of hydrogen-bond donors (Lipinski definition) is 3. The van der Waals surface area contributed by atoms with E-state index in [1.54, 1.807) is 30.1 Å². The molecule has 3 N–H and O–H groups in total. The lowest BCUT2D eigenvalue weighted by Crippen LogP contribution is -2.40. The van der Waals surface area contributed by atoms with Gasteiger partial charge >= 0.3 is 0 Å². The van der Waals surface area contributed by atoms with E-state index in [2.05, 4.69) is 21.0 Å². The van der Waals surface area contributed by atoms with E-state index < -0.39 is 17.7 Å². The third kappa shape index (κ3) is 4.47. The van der Waals surface area contributed by atoms with Gasteiger partial charge < -0.3 is 20.4 Å². The van der Waals surface area contributed by atoms with Crippen molar-refractivity contribution in [2.24, 2.45) is 7.05 Å². The van der Waals surface area contributed by atoms with E-state index in [1.807, 2.05) is 0 Å². The molecule has 0 aliphatic carbocycles. The Kier molecular flexibility index (Phi) is 4.91. The Morgan fingerprint density at radius 2 is 1.95 bits per heavy atom. The molecule has 0 aromatic carbocycles. The van der Waals surface area contributed by atoms with Crippen molar-refractivity contribution in [3.05, 3.63) is 36.4 Å². The van der Waals surface area contributed by atoms with Gasteiger partial charge in [0.2, 0.25) is 11.8 Å². The topological polar surface area (TPSA) is 118 Å². The molecular formula is C13H15N5O4. The molecule has 0 bridgehead atoms. The van der Waals surface area contributed by atoms with Crippen LogP contribution in [0.3, 0.4) is 0 Å². The molecule has 22 heavy (non-hydrogen) atoms. The summed E-state index contributed by atoms with van der Waals surface area (Å²) >= 11 is 0. The molecule has 2 aromatic heterocycles. The fraction of sp³-hybridized carbons (Fsp3) is 0.231. The third-order valence-electron chi connectivity index (χ3n) is 2.58. The van der Waals surface area contributed by atoms with Crippen LogP contribution in [0.4, 0.5) is 5.82 Å². The summed E-state index contributed by atoms with van der Waals surface area (Å²) in [7, 11) is 1.72. The fourth-order valence-corrected chi connectivity index (χ4v) is 1.57. The van der Waals surface area contributed by atoms with Crippen LogP contribution < -0.4 is 16.0 Å². The lowest BCUT2D eigenvalue weighted by molar-refractivity contribution is -0.123. The van der Waals surface area contributed by atoms with Crippen molar-refractivity contribution in [3.63, 3.8) is 0 Å². The quantitative estimate of drug-likeness (QED) is 0.665. The first kappa shape index (κ1) is 15.3. The summed E-state index contributed by atoms with van der Waals surface area (Å²) < 4.78 is 6.42. The van der Waals surface area contributed by atoms with Gasteiger partial charge in [-0.15, -0.1) is 0 Å². The van der Waals surface area contributed by atoms with E-state index in [-0.39, 0.29) is 18.8 Å². The van der Waals surface area contributed by atoms with Crippen LogP contribution in [0, 0.1) is 0 Å². The first-order valence-corrected chi connectivity index (χ1v) is 6.42. The van der Waals surface area contributed by atoms with Gasteiger partial charge in [0.25, 0.3) is 5.91 Å². The van der Waals surface area contributed by atoms with Crippen LogP contribution in [0.5, 0.6) is 0 Å². The van der Waals surface area contributed by atoms with Gasteiger partial charge in [0, 0.05) is 19.3 Å². The molecule has 0 fully saturated rings. The summed E-state index contributed by atoms with van der Waals surface area (Å²) in [5.41, 5.74) is 0. The summed E-state index contributed by atoms with van der Waals surface area (Å²) in [5, 5.41) is 11.2. The number of rotatable bonds is 6. The maximum Gasteiger partial charge on any atom is 0.287 e. The molecule has 9 nitrogen and oxygen atoms in total. The van der Waals surface area contributed by atoms with Gasteiger partial charge in [-0.1, -0.05) is 0 Å². The van der Waals surface area contributed by atoms with Crippen LogP contribution in [0.1, 0.15) is 10.6 Å². The summed E-state index contributed by atoms with van der Waals surface area (Å²) in [6.07, 6.45) is 3.04. The molecule has 0 aliphatic heterocycles. The molecule has 0 aliphatic rings. The minimum absolute atomic E-state index is 0.112. The summed E-state index contributed by atoms with van der Waals surface area (Å²) in [5.74, 6) is -0.896. The summed E-state index contributed by atoms with van der Waals surface area (Å²) in [6, 6.07) is 4.67. The van der Waals surface area contributed by atoms with E-state index in [1.165, 1.54) is 12.3 Å². The average molecular weight is 305 g/mol. The van der Waals surface area contributed by atoms with Crippen LogP contribution in [-0.4, -0.2) is 40.6 Å². The number of amides is 3. The SMILES string of the molecule is Cn1ccc(NC(=O)CNC(=O)CNC(=O)c2ccco2)n1. The molecule has 2 rings (SSSR count). The lowest BCUT2D eigenvalue weighted by Gasteiger charge is -2.06. The van der Waals surface area contributed by atoms with E-state index in [9.17, 15) is 14.4 Å². The predicted molar refractivity (Wildman–Crippen MR) is 75.9 cm³/mol. The van der Waals surface area contributed by atoms with E-state index in [0.717, 1.165) is 0 Å². The van der Waals surface area contributed by atoms with Crippen molar-refractivity contribution < 1.29 is 18.8 Å². The minimum atomic E-state index is -0.502. The van der Waals surface area contributed by atoms with Crippen molar-refractivity contribution >= 4 is 23.5 Å². The third-order valence-corrected chi connectivity index (χ3v) is 2.58. The average Bonchev–Trinajstić information content (AvgIpc) is 3.14. The fourth-order valence-electron chi connectivity index (χ4n) is 1.57. The number of nitrogens with one attached hydrogen (secondary N) is 3. The number of furan rings is 1. The summed E-state index contributed by atoms with van der Waals surface area (Å²) in [6.45, 7) is -0.470. The number of aryl methyl sites for hydroxylation is 1. The van der Waals surface area contributed by atoms with Gasteiger partial charge in [-0.2, -0.15) is 5.10 Å². The number of aromatic nitrogens is 2. The second-order valence-electron chi connectivity index (χ2n) is 4.36. The van der Waals surface area contributed by atoms with Crippen LogP contribution >= 0.6 is 0 Å². The van der Waals surface area contributed by atoms with Crippen LogP contribution in [0.2, 0.25) is 0 Å². The Bertz CT molecular complexity index is 662. The zero-order valence-electron chi connectivity index (χ0n) is 11.8. The Hall–Kier alpha value is -3.10. The molecule has 2 heterocycles. The maximum atomic E-state index is 11.6. The lowest BCUT2D eigenvalue weighted by atomic mass is 10.4. The minimum Gasteiger partial charge on any atom is -0.459 e. The number of hydrogen-bond acceptors (Lipinski definition) is 5. The van der Waals surface area contributed by atoms with Crippen molar-refractivity contribution in [3.8, 4) is 0 Å². The normalized spacial score (nSPS) is 10.0. The molecule has 0 saturated carbocycles. The molecule has 3 amide bonds. The number of nitrogens with zero attached hydrogens (tertiary/aromatic N) is 2. The van der Waals surface area contributed by atoms with Crippen molar-refractivity contribution in [2.75, 3.05) is 18.4 Å². The zero-order chi connectivity index (χ0) is 15.9. The molecule has 0 unspecified atom stereocenters. The van der Waals surface area contributed by atoms with Crippen LogP contribution in [-0.2, 0) is 16.6 Å². The van der Waals surface area contributed by atoms with E-state index in [4.69, 9.17) is 4.42 Å². The highest BCUT2D eigenvalue weighted by atomic mass is 16.3. The van der Waals surface area contributed by atoms with Crippen LogP contribution in [0.25, 0.3) is 0 Å². The Labute approximate surface area is 125 Å². The first-order valence-electron chi connectivity index (χ1n) is 6.42. The van der Waals surface area contributed by atoms with Crippen molar-refractivity contribution in [2.45, 2.75) is 0 Å². The highest BCUT2D eigenvalue weighted by molar-refractivity contribution is 5.96. The zero-order valence-corrected chi connectivity index (χ0v) is 11.8. The molecule has 0 radical (unpaired) electrons. The first-order chi connectivity index (χ1) is 10.5.